The molecule has 3 unspecified atom stereocenters. The van der Waals surface area contributed by atoms with Crippen molar-refractivity contribution in [3.63, 3.8) is 0 Å². The fraction of sp³-hybridized carbons (Fsp3) is 1.00. The third-order valence-electron chi connectivity index (χ3n) is 4.70. The number of rotatable bonds is 6. The molecule has 2 heterocycles. The quantitative estimate of drug-likeness (QED) is 0.780. The van der Waals surface area contributed by atoms with Crippen molar-refractivity contribution in [2.45, 2.75) is 64.6 Å². The molecule has 0 aromatic heterocycles. The minimum absolute atomic E-state index is 0.681. The van der Waals surface area contributed by atoms with E-state index in [0.717, 1.165) is 18.6 Å². The molecule has 18 heavy (non-hydrogen) atoms. The first kappa shape index (κ1) is 14.3. The molecule has 0 bridgehead atoms. The van der Waals surface area contributed by atoms with Crippen LogP contribution in [0.25, 0.3) is 0 Å². The van der Waals surface area contributed by atoms with Crippen molar-refractivity contribution in [1.82, 2.24) is 15.1 Å². The minimum atomic E-state index is 0.681. The Balaban J connectivity index is 1.83. The maximum Gasteiger partial charge on any atom is 0.0224 e. The molecule has 106 valence electrons. The zero-order chi connectivity index (χ0) is 13.0. The Morgan fingerprint density at radius 1 is 1.28 bits per heavy atom. The van der Waals surface area contributed by atoms with E-state index in [1.807, 2.05) is 0 Å². The van der Waals surface area contributed by atoms with Gasteiger partial charge < -0.3 is 5.32 Å². The maximum atomic E-state index is 3.69. The predicted molar refractivity (Wildman–Crippen MR) is 78.0 cm³/mol. The first-order valence-corrected chi connectivity index (χ1v) is 7.96. The monoisotopic (exact) mass is 253 g/mol. The van der Waals surface area contributed by atoms with E-state index in [9.17, 15) is 0 Å². The minimum Gasteiger partial charge on any atom is -0.313 e. The first-order valence-electron chi connectivity index (χ1n) is 7.96. The summed E-state index contributed by atoms with van der Waals surface area (Å²) in [6.07, 6.45) is 5.32. The largest absolute Gasteiger partial charge is 0.313 e. The van der Waals surface area contributed by atoms with E-state index in [1.54, 1.807) is 0 Å². The summed E-state index contributed by atoms with van der Waals surface area (Å²) in [6, 6.07) is 2.27. The molecular weight excluding hydrogens is 222 g/mol. The molecule has 2 fully saturated rings. The van der Waals surface area contributed by atoms with E-state index < -0.39 is 0 Å². The highest BCUT2D eigenvalue weighted by Crippen LogP contribution is 2.24. The van der Waals surface area contributed by atoms with Crippen LogP contribution in [0.1, 0.15) is 46.5 Å². The highest BCUT2D eigenvalue weighted by Gasteiger charge is 2.34. The number of piperazine rings is 1. The standard InChI is InChI=1S/C15H31N3/c1-4-8-16-14(5-2)11-18-12-15-7-6-9-17(15)10-13(18)3/h13-16H,4-12H2,1-3H3. The van der Waals surface area contributed by atoms with Gasteiger partial charge in [-0.05, 0) is 45.7 Å². The fourth-order valence-corrected chi connectivity index (χ4v) is 3.47. The van der Waals surface area contributed by atoms with Gasteiger partial charge in [0.2, 0.25) is 0 Å². The zero-order valence-electron chi connectivity index (χ0n) is 12.5. The van der Waals surface area contributed by atoms with Gasteiger partial charge in [0.05, 0.1) is 0 Å². The van der Waals surface area contributed by atoms with E-state index >= 15 is 0 Å². The summed E-state index contributed by atoms with van der Waals surface area (Å²) < 4.78 is 0. The lowest BCUT2D eigenvalue weighted by atomic mass is 10.1. The molecule has 0 aromatic rings. The molecule has 3 nitrogen and oxygen atoms in total. The lowest BCUT2D eigenvalue weighted by Crippen LogP contribution is -2.57. The van der Waals surface area contributed by atoms with E-state index in [0.29, 0.717) is 6.04 Å². The van der Waals surface area contributed by atoms with Crippen LogP contribution in [0.15, 0.2) is 0 Å². The second kappa shape index (κ2) is 6.88. The van der Waals surface area contributed by atoms with Gasteiger partial charge in [-0.3, -0.25) is 9.80 Å². The van der Waals surface area contributed by atoms with Crippen LogP contribution in [-0.2, 0) is 0 Å². The van der Waals surface area contributed by atoms with Gasteiger partial charge in [0.15, 0.2) is 0 Å². The molecule has 0 spiro atoms. The maximum absolute atomic E-state index is 3.69. The zero-order valence-corrected chi connectivity index (χ0v) is 12.5. The van der Waals surface area contributed by atoms with Gasteiger partial charge in [-0.15, -0.1) is 0 Å². The summed E-state index contributed by atoms with van der Waals surface area (Å²) in [5.41, 5.74) is 0. The second-order valence-electron chi connectivity index (χ2n) is 6.15. The van der Waals surface area contributed by atoms with Crippen molar-refractivity contribution in [2.24, 2.45) is 0 Å². The van der Waals surface area contributed by atoms with E-state index in [1.165, 1.54) is 51.9 Å². The van der Waals surface area contributed by atoms with E-state index in [-0.39, 0.29) is 0 Å². The molecule has 2 aliphatic heterocycles. The molecule has 0 amide bonds. The van der Waals surface area contributed by atoms with Crippen molar-refractivity contribution >= 4 is 0 Å². The van der Waals surface area contributed by atoms with Crippen LogP contribution in [0.3, 0.4) is 0 Å². The van der Waals surface area contributed by atoms with Gasteiger partial charge in [0.25, 0.3) is 0 Å². The average molecular weight is 253 g/mol. The van der Waals surface area contributed by atoms with Crippen LogP contribution in [0.2, 0.25) is 0 Å². The van der Waals surface area contributed by atoms with Gasteiger partial charge in [0.1, 0.15) is 0 Å². The molecule has 3 atom stereocenters. The summed E-state index contributed by atoms with van der Waals surface area (Å²) in [7, 11) is 0. The van der Waals surface area contributed by atoms with Gasteiger partial charge in [-0.25, -0.2) is 0 Å². The third-order valence-corrected chi connectivity index (χ3v) is 4.70. The number of hydrogen-bond donors (Lipinski definition) is 1. The Morgan fingerprint density at radius 2 is 2.11 bits per heavy atom. The lowest BCUT2D eigenvalue weighted by Gasteiger charge is -2.43. The molecule has 0 radical (unpaired) electrons. The average Bonchev–Trinajstić information content (AvgIpc) is 2.81. The van der Waals surface area contributed by atoms with Crippen LogP contribution < -0.4 is 5.32 Å². The van der Waals surface area contributed by atoms with Crippen LogP contribution in [0, 0.1) is 0 Å². The number of hydrogen-bond acceptors (Lipinski definition) is 3. The summed E-state index contributed by atoms with van der Waals surface area (Å²) in [5, 5.41) is 3.69. The second-order valence-corrected chi connectivity index (χ2v) is 6.15. The molecule has 1 N–H and O–H groups in total. The van der Waals surface area contributed by atoms with Gasteiger partial charge in [-0.1, -0.05) is 13.8 Å². The van der Waals surface area contributed by atoms with Crippen molar-refractivity contribution in [2.75, 3.05) is 32.7 Å². The summed E-state index contributed by atoms with van der Waals surface area (Å²) in [6.45, 7) is 13.3. The Bertz CT molecular complexity index is 244. The van der Waals surface area contributed by atoms with Crippen molar-refractivity contribution < 1.29 is 0 Å². The molecule has 0 saturated carbocycles. The first-order chi connectivity index (χ1) is 8.74. The van der Waals surface area contributed by atoms with Gasteiger partial charge in [-0.2, -0.15) is 0 Å². The highest BCUT2D eigenvalue weighted by atomic mass is 15.3. The molecular formula is C15H31N3. The van der Waals surface area contributed by atoms with E-state index in [2.05, 4.69) is 35.9 Å². The Kier molecular flexibility index (Phi) is 5.46. The molecule has 2 aliphatic rings. The van der Waals surface area contributed by atoms with Crippen LogP contribution in [0.4, 0.5) is 0 Å². The lowest BCUT2D eigenvalue weighted by molar-refractivity contribution is 0.0522. The predicted octanol–water partition coefficient (Wildman–Crippen LogP) is 1.93. The molecule has 0 aromatic carbocycles. The topological polar surface area (TPSA) is 18.5 Å². The normalized spacial score (nSPS) is 31.5. The molecule has 2 rings (SSSR count). The highest BCUT2D eigenvalue weighted by molar-refractivity contribution is 4.91. The van der Waals surface area contributed by atoms with Gasteiger partial charge in [0, 0.05) is 37.8 Å². The SMILES string of the molecule is CCCNC(CC)CN1CC2CCCN2CC1C. The van der Waals surface area contributed by atoms with Crippen molar-refractivity contribution in [1.29, 1.82) is 0 Å². The van der Waals surface area contributed by atoms with Crippen LogP contribution in [-0.4, -0.2) is 60.6 Å². The molecule has 3 heteroatoms. The smallest absolute Gasteiger partial charge is 0.0224 e. The Hall–Kier alpha value is -0.120. The van der Waals surface area contributed by atoms with E-state index in [4.69, 9.17) is 0 Å². The van der Waals surface area contributed by atoms with Gasteiger partial charge >= 0.3 is 0 Å². The van der Waals surface area contributed by atoms with Crippen LogP contribution >= 0.6 is 0 Å². The number of nitrogens with one attached hydrogen (secondary N) is 1. The molecule has 0 aliphatic carbocycles. The Morgan fingerprint density at radius 3 is 2.83 bits per heavy atom. The van der Waals surface area contributed by atoms with Crippen LogP contribution in [0.5, 0.6) is 0 Å². The fourth-order valence-electron chi connectivity index (χ4n) is 3.47. The number of nitrogens with zero attached hydrogens (tertiary/aromatic N) is 2. The van der Waals surface area contributed by atoms with Crippen molar-refractivity contribution in [3.8, 4) is 0 Å². The molecule has 2 saturated heterocycles. The Labute approximate surface area is 113 Å². The summed E-state index contributed by atoms with van der Waals surface area (Å²) >= 11 is 0. The third kappa shape index (κ3) is 3.46. The summed E-state index contributed by atoms with van der Waals surface area (Å²) in [4.78, 5) is 5.44. The summed E-state index contributed by atoms with van der Waals surface area (Å²) in [5.74, 6) is 0. The van der Waals surface area contributed by atoms with Crippen molar-refractivity contribution in [3.05, 3.63) is 0 Å². The number of fused-ring (bicyclic) bond motifs is 1.